The Hall–Kier alpha value is -1.69. The molecule has 21 heavy (non-hydrogen) atoms. The molecule has 0 bridgehead atoms. The summed E-state index contributed by atoms with van der Waals surface area (Å²) >= 11 is 3.50. The number of benzene rings is 2. The Kier molecular flexibility index (Phi) is 3.57. The van der Waals surface area contributed by atoms with Crippen LogP contribution in [0.4, 0.5) is 18.9 Å². The molecule has 0 atom stereocenters. The largest absolute Gasteiger partial charge is 0.419 e. The molecule has 0 spiro atoms. The quantitative estimate of drug-likeness (QED) is 0.755. The molecule has 0 aromatic heterocycles. The van der Waals surface area contributed by atoms with Crippen LogP contribution in [-0.2, 0) is 6.18 Å². The molecule has 0 saturated heterocycles. The van der Waals surface area contributed by atoms with Crippen molar-refractivity contribution >= 4 is 40.0 Å². The van der Waals surface area contributed by atoms with E-state index in [4.69, 9.17) is 0 Å². The molecular weight excluding hydrogens is 342 g/mol. The molecule has 0 radical (unpaired) electrons. The normalized spacial score (nSPS) is 14.3. The number of fused-ring (bicyclic) bond motifs is 1. The van der Waals surface area contributed by atoms with Gasteiger partial charge in [0.1, 0.15) is 0 Å². The van der Waals surface area contributed by atoms with E-state index in [0.717, 1.165) is 33.2 Å². The number of halogens is 4. The van der Waals surface area contributed by atoms with Gasteiger partial charge in [-0.15, -0.1) is 0 Å². The summed E-state index contributed by atoms with van der Waals surface area (Å²) in [7, 11) is 0. The molecule has 0 saturated carbocycles. The van der Waals surface area contributed by atoms with Crippen LogP contribution in [0.5, 0.6) is 0 Å². The summed E-state index contributed by atoms with van der Waals surface area (Å²) in [5.74, 6) is 0. The second-order valence-corrected chi connectivity index (χ2v) is 5.73. The summed E-state index contributed by atoms with van der Waals surface area (Å²) in [4.78, 5) is 0. The smallest absolute Gasteiger partial charge is 0.416 e. The lowest BCUT2D eigenvalue weighted by atomic mass is 9.54. The second kappa shape index (κ2) is 5.26. The van der Waals surface area contributed by atoms with Crippen LogP contribution in [0.15, 0.2) is 52.9 Å². The first-order valence-electron chi connectivity index (χ1n) is 6.35. The van der Waals surface area contributed by atoms with Gasteiger partial charge in [0, 0.05) is 5.69 Å². The van der Waals surface area contributed by atoms with E-state index >= 15 is 0 Å². The standard InChI is InChI=1S/C15H10BBrF3N/c17-14-9-10-3-1-2-4-13(10)21-16(14)12-7-5-11(6-8-12)15(18,19)20/h1-9,21H. The fourth-order valence-electron chi connectivity index (χ4n) is 2.32. The molecule has 0 unspecified atom stereocenters. The molecule has 0 fully saturated rings. The molecule has 0 aliphatic carbocycles. The minimum atomic E-state index is -4.31. The predicted octanol–water partition coefficient (Wildman–Crippen LogP) is 4.30. The molecule has 106 valence electrons. The number of hydrogen-bond donors (Lipinski definition) is 1. The molecule has 1 aliphatic heterocycles. The van der Waals surface area contributed by atoms with E-state index in [0.29, 0.717) is 0 Å². The fourth-order valence-corrected chi connectivity index (χ4v) is 2.94. The van der Waals surface area contributed by atoms with Crippen LogP contribution in [0.2, 0.25) is 0 Å². The average Bonchev–Trinajstić information content (AvgIpc) is 2.46. The van der Waals surface area contributed by atoms with Gasteiger partial charge in [0.15, 0.2) is 0 Å². The second-order valence-electron chi connectivity index (χ2n) is 4.81. The van der Waals surface area contributed by atoms with Gasteiger partial charge in [0.25, 0.3) is 0 Å². The summed E-state index contributed by atoms with van der Waals surface area (Å²) < 4.78 is 38.7. The Labute approximate surface area is 129 Å². The molecule has 1 nitrogen and oxygen atoms in total. The highest BCUT2D eigenvalue weighted by Crippen LogP contribution is 2.30. The summed E-state index contributed by atoms with van der Waals surface area (Å²) in [6.45, 7) is -0.179. The SMILES string of the molecule is FC(F)(F)c1ccc(B2Nc3ccccc3C=C2Br)cc1. The van der Waals surface area contributed by atoms with Gasteiger partial charge < -0.3 is 5.23 Å². The third-order valence-corrected chi connectivity index (χ3v) is 4.09. The zero-order chi connectivity index (χ0) is 15.0. The van der Waals surface area contributed by atoms with Gasteiger partial charge in [-0.05, 0) is 22.1 Å². The third-order valence-electron chi connectivity index (χ3n) is 3.40. The first kappa shape index (κ1) is 14.3. The summed E-state index contributed by atoms with van der Waals surface area (Å²) in [5.41, 5.74) is 2.15. The zero-order valence-electron chi connectivity index (χ0n) is 10.8. The highest BCUT2D eigenvalue weighted by molar-refractivity contribution is 9.12. The Morgan fingerprint density at radius 2 is 1.62 bits per heavy atom. The van der Waals surface area contributed by atoms with E-state index in [2.05, 4.69) is 21.2 Å². The zero-order valence-corrected chi connectivity index (χ0v) is 12.4. The number of anilines is 1. The maximum absolute atomic E-state index is 12.6. The Morgan fingerprint density at radius 1 is 0.952 bits per heavy atom. The van der Waals surface area contributed by atoms with Crippen LogP contribution >= 0.6 is 15.9 Å². The van der Waals surface area contributed by atoms with Crippen LogP contribution in [0.3, 0.4) is 0 Å². The van der Waals surface area contributed by atoms with Gasteiger partial charge in [0.2, 0.25) is 0 Å². The minimum Gasteiger partial charge on any atom is -0.419 e. The van der Waals surface area contributed by atoms with Crippen LogP contribution in [0, 0.1) is 0 Å². The van der Waals surface area contributed by atoms with Gasteiger partial charge in [-0.2, -0.15) is 13.2 Å². The van der Waals surface area contributed by atoms with Crippen LogP contribution in [0.1, 0.15) is 11.1 Å². The maximum atomic E-state index is 12.6. The van der Waals surface area contributed by atoms with Crippen molar-refractivity contribution < 1.29 is 13.2 Å². The maximum Gasteiger partial charge on any atom is 0.416 e. The molecule has 2 aromatic rings. The lowest BCUT2D eigenvalue weighted by Gasteiger charge is -2.23. The van der Waals surface area contributed by atoms with Crippen LogP contribution < -0.4 is 10.7 Å². The summed E-state index contributed by atoms with van der Waals surface area (Å²) in [5, 5.41) is 3.32. The number of para-hydroxylation sites is 1. The molecule has 1 aliphatic rings. The third kappa shape index (κ3) is 2.86. The van der Waals surface area contributed by atoms with Gasteiger partial charge in [0.05, 0.1) is 5.56 Å². The molecular formula is C15H10BBrF3N. The molecule has 1 N–H and O–H groups in total. The van der Waals surface area contributed by atoms with Gasteiger partial charge >= 0.3 is 13.0 Å². The van der Waals surface area contributed by atoms with Crippen molar-refractivity contribution in [2.45, 2.75) is 6.18 Å². The first-order valence-corrected chi connectivity index (χ1v) is 7.14. The molecule has 0 amide bonds. The van der Waals surface area contributed by atoms with E-state index in [1.54, 1.807) is 0 Å². The van der Waals surface area contributed by atoms with Crippen molar-refractivity contribution in [3.05, 3.63) is 64.0 Å². The summed E-state index contributed by atoms with van der Waals surface area (Å²) in [6, 6.07) is 13.0. The molecule has 2 aromatic carbocycles. The lowest BCUT2D eigenvalue weighted by Crippen LogP contribution is -2.41. The van der Waals surface area contributed by atoms with Gasteiger partial charge in [-0.1, -0.05) is 63.9 Å². The Balaban J connectivity index is 1.92. The van der Waals surface area contributed by atoms with Crippen LogP contribution in [0.25, 0.3) is 6.08 Å². The fraction of sp³-hybridized carbons (Fsp3) is 0.0667. The van der Waals surface area contributed by atoms with E-state index in [9.17, 15) is 13.2 Å². The highest BCUT2D eigenvalue weighted by Gasteiger charge is 2.31. The lowest BCUT2D eigenvalue weighted by molar-refractivity contribution is -0.137. The summed E-state index contributed by atoms with van der Waals surface area (Å²) in [6.07, 6.45) is -2.33. The number of nitrogens with one attached hydrogen (secondary N) is 1. The topological polar surface area (TPSA) is 12.0 Å². The van der Waals surface area contributed by atoms with Crippen molar-refractivity contribution in [3.63, 3.8) is 0 Å². The Morgan fingerprint density at radius 3 is 2.29 bits per heavy atom. The minimum absolute atomic E-state index is 0.179. The van der Waals surface area contributed by atoms with E-state index < -0.39 is 11.7 Å². The van der Waals surface area contributed by atoms with Gasteiger partial charge in [-0.3, -0.25) is 0 Å². The number of alkyl halides is 3. The predicted molar refractivity (Wildman–Crippen MR) is 83.8 cm³/mol. The number of hydrogen-bond acceptors (Lipinski definition) is 1. The molecule has 1 heterocycles. The van der Waals surface area contributed by atoms with E-state index in [-0.39, 0.29) is 6.85 Å². The first-order chi connectivity index (χ1) is 9.95. The molecule has 3 rings (SSSR count). The van der Waals surface area contributed by atoms with Crippen molar-refractivity contribution in [3.8, 4) is 0 Å². The molecule has 6 heteroatoms. The van der Waals surface area contributed by atoms with Crippen molar-refractivity contribution in [2.24, 2.45) is 0 Å². The van der Waals surface area contributed by atoms with Crippen molar-refractivity contribution in [1.29, 1.82) is 0 Å². The Bertz CT molecular complexity index is 695. The van der Waals surface area contributed by atoms with Crippen molar-refractivity contribution in [2.75, 3.05) is 5.23 Å². The van der Waals surface area contributed by atoms with E-state index in [1.165, 1.54) is 12.1 Å². The highest BCUT2D eigenvalue weighted by atomic mass is 79.9. The van der Waals surface area contributed by atoms with E-state index in [1.807, 2.05) is 30.3 Å². The average molecular weight is 352 g/mol. The van der Waals surface area contributed by atoms with Crippen LogP contribution in [-0.4, -0.2) is 6.85 Å². The number of rotatable bonds is 1. The van der Waals surface area contributed by atoms with Crippen molar-refractivity contribution in [1.82, 2.24) is 0 Å². The monoisotopic (exact) mass is 351 g/mol. The van der Waals surface area contributed by atoms with Gasteiger partial charge in [-0.25, -0.2) is 0 Å².